The molecular formula is C15H24BrNO2. The summed E-state index contributed by atoms with van der Waals surface area (Å²) in [5.41, 5.74) is 6.71. The van der Waals surface area contributed by atoms with E-state index in [4.69, 9.17) is 15.2 Å². The number of halogens is 1. The molecule has 0 spiro atoms. The van der Waals surface area contributed by atoms with Crippen LogP contribution in [0, 0.1) is 5.92 Å². The lowest BCUT2D eigenvalue weighted by Crippen LogP contribution is -2.11. The van der Waals surface area contributed by atoms with E-state index in [1.807, 2.05) is 19.1 Å². The lowest BCUT2D eigenvalue weighted by Gasteiger charge is -2.18. The fraction of sp³-hybridized carbons (Fsp3) is 0.600. The van der Waals surface area contributed by atoms with Gasteiger partial charge in [-0.15, -0.1) is 0 Å². The van der Waals surface area contributed by atoms with Gasteiger partial charge in [-0.2, -0.15) is 0 Å². The Balaban J connectivity index is 2.91. The van der Waals surface area contributed by atoms with Gasteiger partial charge in [0.05, 0.1) is 17.7 Å². The van der Waals surface area contributed by atoms with Crippen LogP contribution in [0.2, 0.25) is 0 Å². The van der Waals surface area contributed by atoms with Crippen molar-refractivity contribution in [2.24, 2.45) is 11.7 Å². The zero-order valence-electron chi connectivity index (χ0n) is 12.0. The molecule has 2 N–H and O–H groups in total. The van der Waals surface area contributed by atoms with Crippen LogP contribution in [0.15, 0.2) is 16.6 Å². The molecule has 0 amide bonds. The summed E-state index contributed by atoms with van der Waals surface area (Å²) in [7, 11) is 0. The van der Waals surface area contributed by atoms with Crippen LogP contribution < -0.4 is 15.2 Å². The first-order valence-electron chi connectivity index (χ1n) is 6.94. The number of nitrogens with two attached hydrogens (primary N) is 1. The van der Waals surface area contributed by atoms with E-state index in [0.717, 1.165) is 34.4 Å². The minimum Gasteiger partial charge on any atom is -0.490 e. The highest BCUT2D eigenvalue weighted by Gasteiger charge is 2.13. The second kappa shape index (κ2) is 8.43. The minimum absolute atomic E-state index is 0.492. The highest BCUT2D eigenvalue weighted by Crippen LogP contribution is 2.37. The third-order valence-corrected chi connectivity index (χ3v) is 3.81. The van der Waals surface area contributed by atoms with Gasteiger partial charge in [0, 0.05) is 6.54 Å². The van der Waals surface area contributed by atoms with Crippen LogP contribution in [0.5, 0.6) is 11.5 Å². The summed E-state index contributed by atoms with van der Waals surface area (Å²) in [5.74, 6) is 2.13. The maximum absolute atomic E-state index is 5.95. The molecule has 0 atom stereocenters. The van der Waals surface area contributed by atoms with Crippen LogP contribution in [0.1, 0.15) is 39.2 Å². The van der Waals surface area contributed by atoms with E-state index in [1.54, 1.807) is 0 Å². The highest BCUT2D eigenvalue weighted by molar-refractivity contribution is 9.10. The second-order valence-electron chi connectivity index (χ2n) is 4.54. The molecule has 3 nitrogen and oxygen atoms in total. The molecule has 0 aromatic heterocycles. The van der Waals surface area contributed by atoms with Crippen molar-refractivity contribution in [2.75, 3.05) is 13.2 Å². The number of hydrogen-bond acceptors (Lipinski definition) is 3. The Bertz CT molecular complexity index is 392. The van der Waals surface area contributed by atoms with Crippen molar-refractivity contribution in [1.82, 2.24) is 0 Å². The summed E-state index contributed by atoms with van der Waals surface area (Å²) >= 11 is 3.54. The van der Waals surface area contributed by atoms with Gasteiger partial charge < -0.3 is 15.2 Å². The third kappa shape index (κ3) is 4.69. The van der Waals surface area contributed by atoms with Crippen LogP contribution in [-0.4, -0.2) is 13.2 Å². The first kappa shape index (κ1) is 16.3. The zero-order chi connectivity index (χ0) is 14.3. The first-order chi connectivity index (χ1) is 9.15. The van der Waals surface area contributed by atoms with Crippen LogP contribution in [0.3, 0.4) is 0 Å². The standard InChI is InChI=1S/C15H24BrNO2/c1-4-11(5-2)10-19-15-13(16)7-12(9-17)8-14(15)18-6-3/h7-8,11H,4-6,9-10,17H2,1-3H3. The molecule has 1 aromatic carbocycles. The van der Waals surface area contributed by atoms with Gasteiger partial charge in [-0.25, -0.2) is 0 Å². The molecule has 0 heterocycles. The molecule has 0 saturated carbocycles. The predicted molar refractivity (Wildman–Crippen MR) is 82.8 cm³/mol. The average Bonchev–Trinajstić information content (AvgIpc) is 2.42. The van der Waals surface area contributed by atoms with Gasteiger partial charge in [-0.3, -0.25) is 0 Å². The Morgan fingerprint density at radius 2 is 1.84 bits per heavy atom. The molecule has 0 aliphatic rings. The zero-order valence-corrected chi connectivity index (χ0v) is 13.6. The highest BCUT2D eigenvalue weighted by atomic mass is 79.9. The van der Waals surface area contributed by atoms with Gasteiger partial charge in [0.15, 0.2) is 11.5 Å². The molecule has 19 heavy (non-hydrogen) atoms. The lowest BCUT2D eigenvalue weighted by molar-refractivity contribution is 0.224. The van der Waals surface area contributed by atoms with E-state index in [1.165, 1.54) is 0 Å². The molecule has 0 fully saturated rings. The van der Waals surface area contributed by atoms with E-state index in [2.05, 4.69) is 29.8 Å². The van der Waals surface area contributed by atoms with Crippen molar-refractivity contribution >= 4 is 15.9 Å². The van der Waals surface area contributed by atoms with E-state index in [-0.39, 0.29) is 0 Å². The van der Waals surface area contributed by atoms with Crippen molar-refractivity contribution in [3.05, 3.63) is 22.2 Å². The monoisotopic (exact) mass is 329 g/mol. The summed E-state index contributed by atoms with van der Waals surface area (Å²) < 4.78 is 12.5. The summed E-state index contributed by atoms with van der Waals surface area (Å²) in [6.07, 6.45) is 2.25. The van der Waals surface area contributed by atoms with E-state index in [0.29, 0.717) is 25.7 Å². The Kier molecular flexibility index (Phi) is 7.24. The molecule has 0 aliphatic carbocycles. The minimum atomic E-state index is 0.492. The van der Waals surface area contributed by atoms with Crippen molar-refractivity contribution in [3.8, 4) is 11.5 Å². The predicted octanol–water partition coefficient (Wildman–Crippen LogP) is 4.12. The van der Waals surface area contributed by atoms with Crippen LogP contribution in [0.25, 0.3) is 0 Å². The molecule has 4 heteroatoms. The van der Waals surface area contributed by atoms with E-state index < -0.39 is 0 Å². The molecule has 0 aliphatic heterocycles. The Hall–Kier alpha value is -0.740. The molecular weight excluding hydrogens is 306 g/mol. The van der Waals surface area contributed by atoms with Crippen LogP contribution in [0.4, 0.5) is 0 Å². The van der Waals surface area contributed by atoms with Crippen molar-refractivity contribution < 1.29 is 9.47 Å². The molecule has 1 rings (SSSR count). The molecule has 1 aromatic rings. The van der Waals surface area contributed by atoms with Crippen LogP contribution in [-0.2, 0) is 6.54 Å². The summed E-state index contributed by atoms with van der Waals surface area (Å²) in [4.78, 5) is 0. The molecule has 0 radical (unpaired) electrons. The van der Waals surface area contributed by atoms with Gasteiger partial charge in [0.2, 0.25) is 0 Å². The van der Waals surface area contributed by atoms with Gasteiger partial charge in [0.25, 0.3) is 0 Å². The second-order valence-corrected chi connectivity index (χ2v) is 5.39. The Labute approximate surface area is 124 Å². The number of rotatable bonds is 8. The SMILES string of the molecule is CCOc1cc(CN)cc(Br)c1OCC(CC)CC. The summed E-state index contributed by atoms with van der Waals surface area (Å²) in [6.45, 7) is 8.16. The summed E-state index contributed by atoms with van der Waals surface area (Å²) in [6, 6.07) is 3.95. The maximum atomic E-state index is 5.95. The summed E-state index contributed by atoms with van der Waals surface area (Å²) in [5, 5.41) is 0. The molecule has 0 saturated heterocycles. The quantitative estimate of drug-likeness (QED) is 0.780. The molecule has 108 valence electrons. The number of ether oxygens (including phenoxy) is 2. The first-order valence-corrected chi connectivity index (χ1v) is 7.73. The van der Waals surface area contributed by atoms with Crippen LogP contribution >= 0.6 is 15.9 Å². The third-order valence-electron chi connectivity index (χ3n) is 3.22. The fourth-order valence-corrected chi connectivity index (χ4v) is 2.47. The van der Waals surface area contributed by atoms with Crippen molar-refractivity contribution in [3.63, 3.8) is 0 Å². The van der Waals surface area contributed by atoms with Gasteiger partial charge in [-0.05, 0) is 46.5 Å². The molecule has 0 unspecified atom stereocenters. The number of benzene rings is 1. The number of hydrogen-bond donors (Lipinski definition) is 1. The largest absolute Gasteiger partial charge is 0.490 e. The average molecular weight is 330 g/mol. The van der Waals surface area contributed by atoms with Gasteiger partial charge in [0.1, 0.15) is 0 Å². The van der Waals surface area contributed by atoms with E-state index in [9.17, 15) is 0 Å². The Morgan fingerprint density at radius 3 is 2.37 bits per heavy atom. The Morgan fingerprint density at radius 1 is 1.16 bits per heavy atom. The molecule has 0 bridgehead atoms. The lowest BCUT2D eigenvalue weighted by atomic mass is 10.1. The van der Waals surface area contributed by atoms with Gasteiger partial charge in [-0.1, -0.05) is 26.7 Å². The van der Waals surface area contributed by atoms with Gasteiger partial charge >= 0.3 is 0 Å². The van der Waals surface area contributed by atoms with E-state index >= 15 is 0 Å². The maximum Gasteiger partial charge on any atom is 0.175 e. The fourth-order valence-electron chi connectivity index (χ4n) is 1.87. The van der Waals surface area contributed by atoms with Crippen molar-refractivity contribution in [2.45, 2.75) is 40.2 Å². The smallest absolute Gasteiger partial charge is 0.175 e. The topological polar surface area (TPSA) is 44.5 Å². The van der Waals surface area contributed by atoms with Crippen molar-refractivity contribution in [1.29, 1.82) is 0 Å². The normalized spacial score (nSPS) is 10.8.